The van der Waals surface area contributed by atoms with Gasteiger partial charge in [0.25, 0.3) is 5.91 Å². The molecule has 0 aliphatic heterocycles. The van der Waals surface area contributed by atoms with E-state index in [1.807, 2.05) is 0 Å². The number of nitrogens with one attached hydrogen (secondary N) is 1. The van der Waals surface area contributed by atoms with Crippen molar-refractivity contribution in [1.82, 2.24) is 0 Å². The van der Waals surface area contributed by atoms with Crippen LogP contribution in [-0.4, -0.2) is 32.7 Å². The molecule has 1 amide bonds. The van der Waals surface area contributed by atoms with Crippen LogP contribution < -0.4 is 14.8 Å². The van der Waals surface area contributed by atoms with Gasteiger partial charge in [0.1, 0.15) is 11.5 Å². The van der Waals surface area contributed by atoms with Crippen molar-refractivity contribution in [2.75, 3.05) is 26.1 Å². The van der Waals surface area contributed by atoms with Gasteiger partial charge in [-0.05, 0) is 28.1 Å². The second-order valence-electron chi connectivity index (χ2n) is 4.79. The smallest absolute Gasteiger partial charge is 0.339 e. The third-order valence-electron chi connectivity index (χ3n) is 3.18. The quantitative estimate of drug-likeness (QED) is 0.706. The lowest BCUT2D eigenvalue weighted by Crippen LogP contribution is -2.21. The molecule has 1 N–H and O–H groups in total. The minimum Gasteiger partial charge on any atom is -0.495 e. The summed E-state index contributed by atoms with van der Waals surface area (Å²) in [6.45, 7) is -0.450. The van der Waals surface area contributed by atoms with Crippen LogP contribution in [0.3, 0.4) is 0 Å². The van der Waals surface area contributed by atoms with Crippen LogP contribution in [0.15, 0.2) is 40.9 Å². The van der Waals surface area contributed by atoms with Gasteiger partial charge < -0.3 is 19.5 Å². The van der Waals surface area contributed by atoms with Gasteiger partial charge in [-0.2, -0.15) is 0 Å². The molecule has 0 aromatic heterocycles. The van der Waals surface area contributed by atoms with Crippen molar-refractivity contribution < 1.29 is 23.8 Å². The highest BCUT2D eigenvalue weighted by molar-refractivity contribution is 9.10. The zero-order valence-corrected chi connectivity index (χ0v) is 15.8. The Balaban J connectivity index is 2.03. The Hall–Kier alpha value is -2.25. The van der Waals surface area contributed by atoms with Crippen LogP contribution in [0.5, 0.6) is 11.5 Å². The summed E-state index contributed by atoms with van der Waals surface area (Å²) in [6.07, 6.45) is 0. The van der Waals surface area contributed by atoms with Crippen molar-refractivity contribution in [3.63, 3.8) is 0 Å². The van der Waals surface area contributed by atoms with E-state index in [-0.39, 0.29) is 0 Å². The zero-order valence-electron chi connectivity index (χ0n) is 13.5. The molecule has 0 saturated heterocycles. The molecule has 25 heavy (non-hydrogen) atoms. The standard InChI is InChI=1S/C17H15BrClNO5/c1-23-14-8-13(15(24-2)7-12(14)19)20-16(21)9-25-17(22)10-5-3-4-6-11(10)18/h3-8H,9H2,1-2H3,(H,20,21). The summed E-state index contributed by atoms with van der Waals surface area (Å²) >= 11 is 9.27. The molecule has 0 heterocycles. The number of esters is 1. The highest BCUT2D eigenvalue weighted by Crippen LogP contribution is 2.35. The van der Waals surface area contributed by atoms with Gasteiger partial charge in [0.15, 0.2) is 6.61 Å². The van der Waals surface area contributed by atoms with Crippen LogP contribution in [0.25, 0.3) is 0 Å². The highest BCUT2D eigenvalue weighted by atomic mass is 79.9. The summed E-state index contributed by atoms with van der Waals surface area (Å²) < 4.78 is 15.9. The number of ether oxygens (including phenoxy) is 3. The molecule has 0 aliphatic rings. The van der Waals surface area contributed by atoms with E-state index in [4.69, 9.17) is 25.8 Å². The van der Waals surface area contributed by atoms with Crippen molar-refractivity contribution in [1.29, 1.82) is 0 Å². The fourth-order valence-corrected chi connectivity index (χ4v) is 2.66. The number of carbonyl (C=O) groups excluding carboxylic acids is 2. The van der Waals surface area contributed by atoms with E-state index in [9.17, 15) is 9.59 Å². The van der Waals surface area contributed by atoms with Crippen LogP contribution in [-0.2, 0) is 9.53 Å². The molecule has 0 unspecified atom stereocenters. The number of benzene rings is 2. The van der Waals surface area contributed by atoms with Crippen molar-refractivity contribution in [3.8, 4) is 11.5 Å². The van der Waals surface area contributed by atoms with Crippen LogP contribution >= 0.6 is 27.5 Å². The molecule has 8 heteroatoms. The maximum absolute atomic E-state index is 12.1. The molecule has 2 rings (SSSR count). The number of amides is 1. The van der Waals surface area contributed by atoms with Gasteiger partial charge in [-0.3, -0.25) is 4.79 Å². The summed E-state index contributed by atoms with van der Waals surface area (Å²) in [5.41, 5.74) is 0.687. The lowest BCUT2D eigenvalue weighted by atomic mass is 10.2. The Labute approximate surface area is 158 Å². The molecule has 0 spiro atoms. The SMILES string of the molecule is COc1cc(NC(=O)COC(=O)c2ccccc2Br)c(OC)cc1Cl. The summed E-state index contributed by atoms with van der Waals surface area (Å²) in [5, 5.41) is 2.94. The van der Waals surface area contributed by atoms with Crippen LogP contribution in [0.4, 0.5) is 5.69 Å². The third kappa shape index (κ3) is 4.87. The third-order valence-corrected chi connectivity index (χ3v) is 4.16. The predicted molar refractivity (Wildman–Crippen MR) is 97.6 cm³/mol. The zero-order chi connectivity index (χ0) is 18.4. The molecule has 0 aliphatic carbocycles. The Bertz CT molecular complexity index is 797. The average Bonchev–Trinajstić information content (AvgIpc) is 2.61. The van der Waals surface area contributed by atoms with Gasteiger partial charge in [0, 0.05) is 16.6 Å². The molecule has 6 nitrogen and oxygen atoms in total. The molecule has 0 bridgehead atoms. The van der Waals surface area contributed by atoms with Crippen molar-refractivity contribution in [3.05, 3.63) is 51.5 Å². The van der Waals surface area contributed by atoms with Crippen LogP contribution in [0.2, 0.25) is 5.02 Å². The summed E-state index contributed by atoms with van der Waals surface area (Å²) in [5.74, 6) is -0.398. The van der Waals surface area contributed by atoms with E-state index in [2.05, 4.69) is 21.2 Å². The van der Waals surface area contributed by atoms with E-state index >= 15 is 0 Å². The Morgan fingerprint density at radius 2 is 1.80 bits per heavy atom. The van der Waals surface area contributed by atoms with E-state index in [1.54, 1.807) is 24.3 Å². The number of carbonyl (C=O) groups is 2. The average molecular weight is 429 g/mol. The largest absolute Gasteiger partial charge is 0.495 e. The van der Waals surface area contributed by atoms with E-state index in [0.29, 0.717) is 32.2 Å². The lowest BCUT2D eigenvalue weighted by molar-refractivity contribution is -0.119. The van der Waals surface area contributed by atoms with Crippen LogP contribution in [0.1, 0.15) is 10.4 Å². The number of hydrogen-bond donors (Lipinski definition) is 1. The number of hydrogen-bond acceptors (Lipinski definition) is 5. The monoisotopic (exact) mass is 427 g/mol. The minimum absolute atomic E-state index is 0.334. The second-order valence-corrected chi connectivity index (χ2v) is 6.05. The topological polar surface area (TPSA) is 73.9 Å². The minimum atomic E-state index is -0.608. The molecule has 2 aromatic carbocycles. The molecular formula is C17H15BrClNO5. The molecule has 0 radical (unpaired) electrons. The maximum Gasteiger partial charge on any atom is 0.339 e. The molecule has 0 saturated carbocycles. The predicted octanol–water partition coefficient (Wildman–Crippen LogP) is 3.92. The van der Waals surface area contributed by atoms with Gasteiger partial charge >= 0.3 is 5.97 Å². The fourth-order valence-electron chi connectivity index (χ4n) is 1.98. The van der Waals surface area contributed by atoms with Crippen molar-refractivity contribution in [2.24, 2.45) is 0 Å². The first-order valence-electron chi connectivity index (χ1n) is 7.09. The van der Waals surface area contributed by atoms with E-state index < -0.39 is 18.5 Å². The number of rotatable bonds is 6. The first kappa shape index (κ1) is 19.1. The Morgan fingerprint density at radius 3 is 2.44 bits per heavy atom. The summed E-state index contributed by atoms with van der Waals surface area (Å²) in [7, 11) is 2.90. The maximum atomic E-state index is 12.1. The van der Waals surface area contributed by atoms with Gasteiger partial charge in [-0.15, -0.1) is 0 Å². The van der Waals surface area contributed by atoms with Gasteiger partial charge in [0.2, 0.25) is 0 Å². The summed E-state index contributed by atoms with van der Waals surface area (Å²) in [4.78, 5) is 24.1. The molecule has 2 aromatic rings. The van der Waals surface area contributed by atoms with Gasteiger partial charge in [0.05, 0.1) is 30.5 Å². The summed E-state index contributed by atoms with van der Waals surface area (Å²) in [6, 6.07) is 9.82. The number of methoxy groups -OCH3 is 2. The Kier molecular flexibility index (Phi) is 6.66. The van der Waals surface area contributed by atoms with Gasteiger partial charge in [-0.25, -0.2) is 4.79 Å². The first-order chi connectivity index (χ1) is 12.0. The first-order valence-corrected chi connectivity index (χ1v) is 8.26. The van der Waals surface area contributed by atoms with E-state index in [0.717, 1.165) is 0 Å². The molecular weight excluding hydrogens is 414 g/mol. The number of anilines is 1. The highest BCUT2D eigenvalue weighted by Gasteiger charge is 2.15. The van der Waals surface area contributed by atoms with Gasteiger partial charge in [-0.1, -0.05) is 23.7 Å². The molecule has 132 valence electrons. The molecule has 0 atom stereocenters. The lowest BCUT2D eigenvalue weighted by Gasteiger charge is -2.13. The number of halogens is 2. The molecule has 0 fully saturated rings. The Morgan fingerprint density at radius 1 is 1.12 bits per heavy atom. The van der Waals surface area contributed by atoms with Crippen molar-refractivity contribution >= 4 is 45.1 Å². The fraction of sp³-hybridized carbons (Fsp3) is 0.176. The second kappa shape index (κ2) is 8.73. The normalized spacial score (nSPS) is 10.1. The van der Waals surface area contributed by atoms with E-state index in [1.165, 1.54) is 26.4 Å². The van der Waals surface area contributed by atoms with Crippen molar-refractivity contribution in [2.45, 2.75) is 0 Å². The van der Waals surface area contributed by atoms with Crippen LogP contribution in [0, 0.1) is 0 Å².